The van der Waals surface area contributed by atoms with Crippen LogP contribution in [-0.4, -0.2) is 38.1 Å². The van der Waals surface area contributed by atoms with Crippen molar-refractivity contribution in [3.05, 3.63) is 0 Å². The van der Waals surface area contributed by atoms with Crippen molar-refractivity contribution in [2.24, 2.45) is 0 Å². The molecule has 0 aliphatic carbocycles. The Hall–Kier alpha value is -0.0800. The first kappa shape index (κ1) is 6.05. The Kier molecular flexibility index (Phi) is 1.86. The summed E-state index contributed by atoms with van der Waals surface area (Å²) in [6.07, 6.45) is 1.31. The Morgan fingerprint density at radius 2 is 2.38 bits per heavy atom. The van der Waals surface area contributed by atoms with Crippen LogP contribution >= 0.6 is 0 Å². The summed E-state index contributed by atoms with van der Waals surface area (Å²) in [5.41, 5.74) is 0. The number of rotatable bonds is 1. The lowest BCUT2D eigenvalue weighted by Gasteiger charge is -2.07. The normalized spacial score (nSPS) is 31.5. The van der Waals surface area contributed by atoms with Crippen molar-refractivity contribution >= 4 is 0 Å². The predicted molar refractivity (Wildman–Crippen MR) is 35.0 cm³/mol. The van der Waals surface area contributed by atoms with Crippen LogP contribution < -0.4 is 5.32 Å². The van der Waals surface area contributed by atoms with Crippen LogP contribution in [-0.2, 0) is 0 Å². The minimum absolute atomic E-state index is 0.750. The van der Waals surface area contributed by atoms with Gasteiger partial charge in [0.25, 0.3) is 0 Å². The molecule has 1 atom stereocenters. The molecule has 1 saturated heterocycles. The Balaban J connectivity index is 2.22. The highest BCUT2D eigenvalue weighted by Gasteiger charge is 2.16. The molecule has 48 valence electrons. The van der Waals surface area contributed by atoms with Gasteiger partial charge in [-0.25, -0.2) is 0 Å². The fourth-order valence-corrected chi connectivity index (χ4v) is 1.17. The second-order valence-corrected chi connectivity index (χ2v) is 2.54. The van der Waals surface area contributed by atoms with Crippen LogP contribution in [0.15, 0.2) is 0 Å². The molecule has 8 heavy (non-hydrogen) atoms. The summed E-state index contributed by atoms with van der Waals surface area (Å²) in [6, 6.07) is 0.750. The highest BCUT2D eigenvalue weighted by molar-refractivity contribution is 4.76. The van der Waals surface area contributed by atoms with E-state index in [-0.39, 0.29) is 0 Å². The third-order valence-corrected chi connectivity index (χ3v) is 1.80. The van der Waals surface area contributed by atoms with Gasteiger partial charge in [0.05, 0.1) is 0 Å². The molecule has 1 aliphatic heterocycles. The molecule has 0 amide bonds. The molecule has 2 heteroatoms. The molecule has 2 nitrogen and oxygen atoms in total. The maximum Gasteiger partial charge on any atom is 0.0204 e. The largest absolute Gasteiger partial charge is 0.316 e. The average Bonchev–Trinajstić information content (AvgIpc) is 2.14. The third kappa shape index (κ3) is 1.20. The van der Waals surface area contributed by atoms with Crippen molar-refractivity contribution in [2.45, 2.75) is 12.5 Å². The highest BCUT2D eigenvalue weighted by atomic mass is 15.2. The minimum Gasteiger partial charge on any atom is -0.316 e. The van der Waals surface area contributed by atoms with Crippen molar-refractivity contribution in [3.63, 3.8) is 0 Å². The van der Waals surface area contributed by atoms with Crippen molar-refractivity contribution in [1.82, 2.24) is 10.2 Å². The Morgan fingerprint density at radius 1 is 1.62 bits per heavy atom. The first-order valence-corrected chi connectivity index (χ1v) is 3.18. The fraction of sp³-hybridized carbons (Fsp3) is 1.00. The van der Waals surface area contributed by atoms with E-state index in [0.717, 1.165) is 6.04 Å². The lowest BCUT2D eigenvalue weighted by molar-refractivity contribution is 0.403. The summed E-state index contributed by atoms with van der Waals surface area (Å²) < 4.78 is 0. The van der Waals surface area contributed by atoms with Gasteiger partial charge in [0.2, 0.25) is 0 Å². The molecule has 1 N–H and O–H groups in total. The molecular weight excluding hydrogens is 100 g/mol. The predicted octanol–water partition coefficient (Wildman–Crippen LogP) is -0.0901. The topological polar surface area (TPSA) is 15.3 Å². The van der Waals surface area contributed by atoms with E-state index in [2.05, 4.69) is 17.3 Å². The van der Waals surface area contributed by atoms with Gasteiger partial charge in [-0.2, -0.15) is 0 Å². The van der Waals surface area contributed by atoms with Crippen LogP contribution in [0.2, 0.25) is 0 Å². The van der Waals surface area contributed by atoms with E-state index in [9.17, 15) is 0 Å². The zero-order valence-electron chi connectivity index (χ0n) is 5.65. The summed E-state index contributed by atoms with van der Waals surface area (Å²) >= 11 is 0. The molecule has 0 aromatic carbocycles. The second-order valence-electron chi connectivity index (χ2n) is 2.54. The van der Waals surface area contributed by atoms with Crippen LogP contribution in [0.1, 0.15) is 6.42 Å². The molecule has 0 saturated carbocycles. The first-order valence-electron chi connectivity index (χ1n) is 3.18. The standard InChI is InChI=1S/C6H14N2/c1-7-6-3-4-8(2)5-6/h6-7H,3-5H2,1-2H3/t6-/m1/s1. The summed E-state index contributed by atoms with van der Waals surface area (Å²) in [7, 11) is 4.20. The molecule has 1 heterocycles. The molecular formula is C6H14N2. The zero-order chi connectivity index (χ0) is 5.98. The van der Waals surface area contributed by atoms with Gasteiger partial charge in [-0.15, -0.1) is 0 Å². The van der Waals surface area contributed by atoms with Gasteiger partial charge in [-0.1, -0.05) is 0 Å². The van der Waals surface area contributed by atoms with E-state index in [0.29, 0.717) is 0 Å². The summed E-state index contributed by atoms with van der Waals surface area (Å²) in [5, 5.41) is 3.25. The monoisotopic (exact) mass is 114 g/mol. The van der Waals surface area contributed by atoms with Crippen LogP contribution in [0.4, 0.5) is 0 Å². The molecule has 0 bridgehead atoms. The van der Waals surface area contributed by atoms with Crippen LogP contribution in [0.3, 0.4) is 0 Å². The molecule has 0 radical (unpaired) electrons. The fourth-order valence-electron chi connectivity index (χ4n) is 1.17. The van der Waals surface area contributed by atoms with Gasteiger partial charge in [0.1, 0.15) is 0 Å². The lowest BCUT2D eigenvalue weighted by atomic mass is 10.3. The van der Waals surface area contributed by atoms with E-state index in [4.69, 9.17) is 0 Å². The molecule has 1 aliphatic rings. The van der Waals surface area contributed by atoms with E-state index in [1.807, 2.05) is 7.05 Å². The maximum absolute atomic E-state index is 3.25. The van der Waals surface area contributed by atoms with Crippen LogP contribution in [0.25, 0.3) is 0 Å². The Labute approximate surface area is 50.9 Å². The number of hydrogen-bond acceptors (Lipinski definition) is 2. The van der Waals surface area contributed by atoms with E-state index < -0.39 is 0 Å². The van der Waals surface area contributed by atoms with Crippen LogP contribution in [0.5, 0.6) is 0 Å². The molecule has 0 unspecified atom stereocenters. The van der Waals surface area contributed by atoms with E-state index in [1.165, 1.54) is 19.5 Å². The van der Waals surface area contributed by atoms with Gasteiger partial charge >= 0.3 is 0 Å². The Bertz CT molecular complexity index is 72.9. The number of nitrogens with zero attached hydrogens (tertiary/aromatic N) is 1. The number of nitrogens with one attached hydrogen (secondary N) is 1. The smallest absolute Gasteiger partial charge is 0.0204 e. The van der Waals surface area contributed by atoms with Gasteiger partial charge < -0.3 is 10.2 Å². The van der Waals surface area contributed by atoms with Gasteiger partial charge in [-0.3, -0.25) is 0 Å². The second kappa shape index (κ2) is 2.46. The molecule has 0 spiro atoms. The molecule has 1 rings (SSSR count). The first-order chi connectivity index (χ1) is 3.83. The van der Waals surface area contributed by atoms with Crippen molar-refractivity contribution < 1.29 is 0 Å². The number of likely N-dealkylation sites (N-methyl/N-ethyl adjacent to an activating group) is 2. The Morgan fingerprint density at radius 3 is 2.62 bits per heavy atom. The van der Waals surface area contributed by atoms with E-state index in [1.54, 1.807) is 0 Å². The average molecular weight is 114 g/mol. The number of likely N-dealkylation sites (tertiary alicyclic amines) is 1. The highest BCUT2D eigenvalue weighted by Crippen LogP contribution is 2.04. The van der Waals surface area contributed by atoms with Crippen LogP contribution in [0, 0.1) is 0 Å². The van der Waals surface area contributed by atoms with Gasteiger partial charge in [0.15, 0.2) is 0 Å². The molecule has 1 fully saturated rings. The summed E-state index contributed by atoms with van der Waals surface area (Å²) in [4.78, 5) is 2.35. The van der Waals surface area contributed by atoms with Gasteiger partial charge in [0, 0.05) is 12.6 Å². The molecule has 0 aromatic heterocycles. The van der Waals surface area contributed by atoms with Crippen molar-refractivity contribution in [2.75, 3.05) is 27.2 Å². The summed E-state index contributed by atoms with van der Waals surface area (Å²) in [6.45, 7) is 2.47. The zero-order valence-corrected chi connectivity index (χ0v) is 5.65. The number of hydrogen-bond donors (Lipinski definition) is 1. The van der Waals surface area contributed by atoms with E-state index >= 15 is 0 Å². The van der Waals surface area contributed by atoms with Gasteiger partial charge in [-0.05, 0) is 27.1 Å². The lowest BCUT2D eigenvalue weighted by Crippen LogP contribution is -2.27. The quantitative estimate of drug-likeness (QED) is 0.512. The van der Waals surface area contributed by atoms with Crippen molar-refractivity contribution in [3.8, 4) is 0 Å². The molecule has 0 aromatic rings. The van der Waals surface area contributed by atoms with Crippen molar-refractivity contribution in [1.29, 1.82) is 0 Å². The third-order valence-electron chi connectivity index (χ3n) is 1.80. The SMILES string of the molecule is CN[C@@H]1CCN(C)C1. The summed E-state index contributed by atoms with van der Waals surface area (Å²) in [5.74, 6) is 0. The maximum atomic E-state index is 3.25. The minimum atomic E-state index is 0.750.